The Morgan fingerprint density at radius 2 is 1.13 bits per heavy atom. The lowest BCUT2D eigenvalue weighted by atomic mass is 9.98. The van der Waals surface area contributed by atoms with Gasteiger partial charge in [-0.2, -0.15) is 0 Å². The molecule has 21 nitrogen and oxygen atoms in total. The molecule has 3 aliphatic rings. The van der Waals surface area contributed by atoms with Crippen LogP contribution in [0.4, 0.5) is 0 Å². The lowest BCUT2D eigenvalue weighted by molar-refractivity contribution is -0.380. The Bertz CT molecular complexity index is 1440. The molecule has 70 heavy (non-hydrogen) atoms. The van der Waals surface area contributed by atoms with E-state index in [9.17, 15) is 60.3 Å². The molecule has 3 heterocycles. The van der Waals surface area contributed by atoms with Gasteiger partial charge in [0, 0.05) is 13.3 Å². The number of aliphatic carboxylic acids is 1. The molecule has 0 aromatic carbocycles. The Morgan fingerprint density at radius 1 is 0.600 bits per heavy atom. The Labute approximate surface area is 413 Å². The summed E-state index contributed by atoms with van der Waals surface area (Å²) in [7, 11) is 0. The smallest absolute Gasteiger partial charge is 0.332 e. The van der Waals surface area contributed by atoms with Gasteiger partial charge in [0.15, 0.2) is 31.1 Å². The SMILES string of the molecule is CCCCCC(CCCC(O)C(O)CCCCCCCCCCCCCC(O)C(=O)O)O[C@@H]1OC[C@@H](O)[C@H](O)[C@H]1O[C@@H]1OC[C@@H](OC(C)=O)[C@H](O)[C@H]1O[C@@H]1O[C@H](COC(=O)CC(C)C)[C@@H](O)[C@H](O)[C@H]1O. The summed E-state index contributed by atoms with van der Waals surface area (Å²) in [4.78, 5) is 34.9. The maximum absolute atomic E-state index is 12.3. The highest BCUT2D eigenvalue weighted by atomic mass is 16.8. The molecule has 4 unspecified atom stereocenters. The molecule has 17 atom stereocenters. The highest BCUT2D eigenvalue weighted by Gasteiger charge is 2.52. The summed E-state index contributed by atoms with van der Waals surface area (Å²) < 4.78 is 46.7. The number of carbonyl (C=O) groups is 3. The molecule has 0 aromatic heterocycles. The number of carboxylic acids is 1. The van der Waals surface area contributed by atoms with Crippen LogP contribution in [0.3, 0.4) is 0 Å². The second-order valence-corrected chi connectivity index (χ2v) is 19.7. The van der Waals surface area contributed by atoms with E-state index < -0.39 is 135 Å². The van der Waals surface area contributed by atoms with Gasteiger partial charge >= 0.3 is 17.9 Å². The highest BCUT2D eigenvalue weighted by Crippen LogP contribution is 2.33. The number of ether oxygens (including phenoxy) is 8. The molecule has 0 spiro atoms. The van der Waals surface area contributed by atoms with Crippen LogP contribution < -0.4 is 0 Å². The van der Waals surface area contributed by atoms with Crippen LogP contribution in [-0.2, 0) is 52.3 Å². The summed E-state index contributed by atoms with van der Waals surface area (Å²) >= 11 is 0. The van der Waals surface area contributed by atoms with E-state index in [0.29, 0.717) is 38.5 Å². The first-order valence-electron chi connectivity index (χ1n) is 25.9. The molecular weight excluding hydrogens is 925 g/mol. The molecule has 410 valence electrons. The van der Waals surface area contributed by atoms with Crippen molar-refractivity contribution in [2.45, 2.75) is 267 Å². The summed E-state index contributed by atoms with van der Waals surface area (Å²) in [5, 5.41) is 106. The molecule has 3 aliphatic heterocycles. The van der Waals surface area contributed by atoms with Crippen molar-refractivity contribution in [3.05, 3.63) is 0 Å². The average molecular weight is 1010 g/mol. The minimum Gasteiger partial charge on any atom is -0.479 e. The molecule has 10 N–H and O–H groups in total. The molecule has 0 aromatic rings. The van der Waals surface area contributed by atoms with Crippen molar-refractivity contribution in [1.82, 2.24) is 0 Å². The molecule has 3 rings (SSSR count). The zero-order chi connectivity index (χ0) is 51.8. The average Bonchev–Trinajstić information content (AvgIpc) is 3.30. The fourth-order valence-electron chi connectivity index (χ4n) is 8.84. The van der Waals surface area contributed by atoms with Gasteiger partial charge in [-0.3, -0.25) is 9.59 Å². The molecule has 0 radical (unpaired) electrons. The third-order valence-electron chi connectivity index (χ3n) is 13.1. The monoisotopic (exact) mass is 1010 g/mol. The third kappa shape index (κ3) is 22.1. The Hall–Kier alpha value is -2.19. The first-order chi connectivity index (χ1) is 33.3. The van der Waals surface area contributed by atoms with Gasteiger partial charge in [0.1, 0.15) is 61.5 Å². The first-order valence-corrected chi connectivity index (χ1v) is 25.9. The van der Waals surface area contributed by atoms with Crippen molar-refractivity contribution in [2.24, 2.45) is 5.92 Å². The van der Waals surface area contributed by atoms with E-state index in [1.165, 1.54) is 0 Å². The minimum atomic E-state index is -1.91. The Morgan fingerprint density at radius 3 is 1.71 bits per heavy atom. The van der Waals surface area contributed by atoms with Gasteiger partial charge in [-0.15, -0.1) is 0 Å². The quantitative estimate of drug-likeness (QED) is 0.0321. The van der Waals surface area contributed by atoms with Gasteiger partial charge in [-0.25, -0.2) is 4.79 Å². The Kier molecular flexibility index (Phi) is 29.8. The molecular formula is C49H88O21. The largest absolute Gasteiger partial charge is 0.479 e. The van der Waals surface area contributed by atoms with Gasteiger partial charge in [0.05, 0.1) is 31.5 Å². The van der Waals surface area contributed by atoms with Crippen LogP contribution in [0.25, 0.3) is 0 Å². The van der Waals surface area contributed by atoms with E-state index in [1.807, 2.05) is 13.8 Å². The number of hydrogen-bond acceptors (Lipinski definition) is 20. The van der Waals surface area contributed by atoms with Crippen LogP contribution >= 0.6 is 0 Å². The van der Waals surface area contributed by atoms with E-state index in [4.69, 9.17) is 43.0 Å². The molecule has 0 saturated carbocycles. The van der Waals surface area contributed by atoms with E-state index in [-0.39, 0.29) is 25.4 Å². The van der Waals surface area contributed by atoms with E-state index in [0.717, 1.165) is 90.4 Å². The fourth-order valence-corrected chi connectivity index (χ4v) is 8.84. The van der Waals surface area contributed by atoms with Crippen LogP contribution in [0.5, 0.6) is 0 Å². The number of hydrogen-bond donors (Lipinski definition) is 10. The third-order valence-corrected chi connectivity index (χ3v) is 13.1. The zero-order valence-electron chi connectivity index (χ0n) is 41.8. The van der Waals surface area contributed by atoms with E-state index in [2.05, 4.69) is 6.92 Å². The van der Waals surface area contributed by atoms with Crippen molar-refractivity contribution in [2.75, 3.05) is 19.8 Å². The van der Waals surface area contributed by atoms with Gasteiger partial charge in [-0.05, 0) is 44.4 Å². The normalized spacial score (nSPS) is 31.2. The molecule has 3 fully saturated rings. The van der Waals surface area contributed by atoms with E-state index >= 15 is 0 Å². The maximum Gasteiger partial charge on any atom is 0.332 e. The van der Waals surface area contributed by atoms with E-state index in [1.54, 1.807) is 0 Å². The molecule has 0 bridgehead atoms. The van der Waals surface area contributed by atoms with Crippen molar-refractivity contribution in [1.29, 1.82) is 0 Å². The second kappa shape index (κ2) is 33.6. The maximum atomic E-state index is 12.3. The summed E-state index contributed by atoms with van der Waals surface area (Å²) in [6.45, 7) is 5.53. The predicted molar refractivity (Wildman–Crippen MR) is 248 cm³/mol. The number of carbonyl (C=O) groups excluding carboxylic acids is 2. The number of carboxylic acid groups (broad SMARTS) is 1. The standard InChI is InChI=1S/C49H88O21/c1-5-6-16-20-31(21-19-24-33(52)32(51)22-17-14-12-10-8-7-9-11-13-15-18-23-34(53)46(61)62)67-48-44(39(56)35(54)26-64-48)70-49-45(41(58)37(28-65-49)66-30(4)50)69-47-43(60)42(59)40(57)36(68-47)27-63-38(55)25-29(2)3/h29,31-37,39-45,47-49,51-54,56-60H,5-28H2,1-4H3,(H,61,62)/t31?,32?,33?,34?,35-,36-,37-,39+,40-,41+,42+,43-,44-,45-,47+,48+,49+/m1/s1. The number of esters is 2. The number of aliphatic hydroxyl groups is 9. The molecule has 3 saturated heterocycles. The van der Waals surface area contributed by atoms with Crippen LogP contribution in [0.1, 0.15) is 163 Å². The Balaban J connectivity index is 1.57. The van der Waals surface area contributed by atoms with Gasteiger partial charge < -0.3 is 89.0 Å². The van der Waals surface area contributed by atoms with Crippen LogP contribution in [-0.4, -0.2) is 193 Å². The van der Waals surface area contributed by atoms with Crippen molar-refractivity contribution in [3.8, 4) is 0 Å². The first kappa shape index (κ1) is 62.1. The summed E-state index contributed by atoms with van der Waals surface area (Å²) in [5.74, 6) is -2.55. The van der Waals surface area contributed by atoms with Crippen LogP contribution in [0, 0.1) is 5.92 Å². The number of aliphatic hydroxyl groups excluding tert-OH is 9. The van der Waals surface area contributed by atoms with Crippen molar-refractivity contribution < 1.29 is 103 Å². The van der Waals surface area contributed by atoms with Gasteiger partial charge in [0.25, 0.3) is 0 Å². The minimum absolute atomic E-state index is 0.0277. The number of rotatable bonds is 35. The summed E-state index contributed by atoms with van der Waals surface area (Å²) in [6.07, 6.45) is -8.25. The van der Waals surface area contributed by atoms with Gasteiger partial charge in [0.2, 0.25) is 0 Å². The summed E-state index contributed by atoms with van der Waals surface area (Å²) in [6, 6.07) is 0. The second-order valence-electron chi connectivity index (χ2n) is 19.7. The molecule has 0 amide bonds. The van der Waals surface area contributed by atoms with Crippen LogP contribution in [0.2, 0.25) is 0 Å². The predicted octanol–water partition coefficient (Wildman–Crippen LogP) is 2.26. The van der Waals surface area contributed by atoms with Gasteiger partial charge in [-0.1, -0.05) is 111 Å². The highest BCUT2D eigenvalue weighted by molar-refractivity contribution is 5.71. The molecule has 0 aliphatic carbocycles. The number of unbranched alkanes of at least 4 members (excludes halogenated alkanes) is 12. The van der Waals surface area contributed by atoms with Crippen LogP contribution in [0.15, 0.2) is 0 Å². The van der Waals surface area contributed by atoms with Crippen molar-refractivity contribution >= 4 is 17.9 Å². The lowest BCUT2D eigenvalue weighted by Gasteiger charge is -2.46. The molecule has 21 heteroatoms. The lowest BCUT2D eigenvalue weighted by Crippen LogP contribution is -2.65. The topological polar surface area (TPSA) is 327 Å². The zero-order valence-corrected chi connectivity index (χ0v) is 41.8. The fraction of sp³-hybridized carbons (Fsp3) is 0.939. The van der Waals surface area contributed by atoms with Crippen molar-refractivity contribution in [3.63, 3.8) is 0 Å². The summed E-state index contributed by atoms with van der Waals surface area (Å²) in [5.41, 5.74) is 0.